The molecule has 0 unspecified atom stereocenters. The van der Waals surface area contributed by atoms with Crippen LogP contribution in [0.4, 0.5) is 4.79 Å². The summed E-state index contributed by atoms with van der Waals surface area (Å²) in [5.74, 6) is 0. The number of carbonyl (C=O) groups is 1. The highest BCUT2D eigenvalue weighted by Gasteiger charge is 2.24. The number of hydrogen-bond acceptors (Lipinski definition) is 4. The van der Waals surface area contributed by atoms with Gasteiger partial charge in [-0.1, -0.05) is 11.6 Å². The number of aromatic nitrogens is 2. The van der Waals surface area contributed by atoms with Gasteiger partial charge in [-0.3, -0.25) is 0 Å². The summed E-state index contributed by atoms with van der Waals surface area (Å²) in [6, 6.07) is -0.290. The number of sulfonamides is 1. The van der Waals surface area contributed by atoms with E-state index in [0.717, 1.165) is 0 Å². The molecule has 9 heteroatoms. The van der Waals surface area contributed by atoms with E-state index in [1.807, 2.05) is 0 Å². The third-order valence-corrected chi connectivity index (χ3v) is 4.44. The number of amides is 1. The zero-order valence-electron chi connectivity index (χ0n) is 10.5. The molecule has 0 radical (unpaired) electrons. The van der Waals surface area contributed by atoms with Gasteiger partial charge >= 0.3 is 6.03 Å². The largest absolute Gasteiger partial charge is 0.344 e. The first-order chi connectivity index (χ1) is 8.88. The van der Waals surface area contributed by atoms with Crippen molar-refractivity contribution >= 4 is 27.7 Å². The summed E-state index contributed by atoms with van der Waals surface area (Å²) in [5, 5.41) is 4.24. The Hall–Kier alpha value is -1.12. The molecule has 0 N–H and O–H groups in total. The average Bonchev–Trinajstić information content (AvgIpc) is 2.62. The van der Waals surface area contributed by atoms with Crippen molar-refractivity contribution in [2.24, 2.45) is 0 Å². The Kier molecular flexibility index (Phi) is 4.12. The van der Waals surface area contributed by atoms with Crippen LogP contribution in [0.5, 0.6) is 0 Å². The SMILES string of the molecule is CS(=O)(=O)N1CCCN(C(=O)n2cc(Cl)cn2)CC1. The lowest BCUT2D eigenvalue weighted by Crippen LogP contribution is -2.39. The standard InChI is InChI=1S/C10H15ClN4O3S/c1-19(17,18)14-4-2-3-13(5-6-14)10(16)15-8-9(11)7-12-15/h7-8H,2-6H2,1H3. The van der Waals surface area contributed by atoms with Crippen LogP contribution in [0.2, 0.25) is 5.02 Å². The minimum absolute atomic E-state index is 0.290. The predicted molar refractivity (Wildman–Crippen MR) is 70.6 cm³/mol. The smallest absolute Gasteiger partial charge is 0.321 e. The molecule has 1 aromatic heterocycles. The highest BCUT2D eigenvalue weighted by atomic mass is 35.5. The highest BCUT2D eigenvalue weighted by molar-refractivity contribution is 7.88. The first kappa shape index (κ1) is 14.3. The molecule has 2 rings (SSSR count). The van der Waals surface area contributed by atoms with E-state index in [-0.39, 0.29) is 6.03 Å². The van der Waals surface area contributed by atoms with E-state index in [4.69, 9.17) is 11.6 Å². The molecule has 0 aromatic carbocycles. The Morgan fingerprint density at radius 3 is 2.63 bits per heavy atom. The molecule has 1 aliphatic heterocycles. The van der Waals surface area contributed by atoms with E-state index >= 15 is 0 Å². The summed E-state index contributed by atoms with van der Waals surface area (Å²) in [7, 11) is -3.21. The Morgan fingerprint density at radius 1 is 1.32 bits per heavy atom. The van der Waals surface area contributed by atoms with Crippen LogP contribution in [0, 0.1) is 0 Å². The zero-order valence-corrected chi connectivity index (χ0v) is 12.1. The summed E-state index contributed by atoms with van der Waals surface area (Å²) < 4.78 is 25.5. The number of nitrogens with zero attached hydrogens (tertiary/aromatic N) is 4. The fourth-order valence-corrected chi connectivity index (χ4v) is 2.98. The quantitative estimate of drug-likeness (QED) is 0.756. The van der Waals surface area contributed by atoms with Crippen LogP contribution in [0.1, 0.15) is 6.42 Å². The molecule has 0 atom stereocenters. The van der Waals surface area contributed by atoms with E-state index in [9.17, 15) is 13.2 Å². The average molecular weight is 307 g/mol. The number of hydrogen-bond donors (Lipinski definition) is 0. The summed E-state index contributed by atoms with van der Waals surface area (Å²) in [4.78, 5) is 13.7. The van der Waals surface area contributed by atoms with Crippen LogP contribution in [-0.2, 0) is 10.0 Å². The second-order valence-electron chi connectivity index (χ2n) is 4.39. The second-order valence-corrected chi connectivity index (χ2v) is 6.81. The van der Waals surface area contributed by atoms with Crippen molar-refractivity contribution in [1.29, 1.82) is 0 Å². The Labute approximate surface area is 116 Å². The van der Waals surface area contributed by atoms with Gasteiger partial charge in [0.1, 0.15) is 0 Å². The minimum Gasteiger partial charge on any atom is -0.321 e. The van der Waals surface area contributed by atoms with Gasteiger partial charge in [-0.2, -0.15) is 9.78 Å². The van der Waals surface area contributed by atoms with Crippen molar-refractivity contribution in [3.8, 4) is 0 Å². The van der Waals surface area contributed by atoms with Crippen molar-refractivity contribution in [2.45, 2.75) is 6.42 Å². The van der Waals surface area contributed by atoms with E-state index < -0.39 is 10.0 Å². The lowest BCUT2D eigenvalue weighted by Gasteiger charge is -2.20. The first-order valence-electron chi connectivity index (χ1n) is 5.82. The molecule has 0 aliphatic carbocycles. The maximum absolute atomic E-state index is 12.1. The van der Waals surface area contributed by atoms with Crippen LogP contribution in [-0.4, -0.2) is 65.9 Å². The van der Waals surface area contributed by atoms with Gasteiger partial charge in [0.05, 0.1) is 23.7 Å². The van der Waals surface area contributed by atoms with Gasteiger partial charge in [0.25, 0.3) is 0 Å². The van der Waals surface area contributed by atoms with Crippen molar-refractivity contribution < 1.29 is 13.2 Å². The molecule has 0 saturated carbocycles. The summed E-state index contributed by atoms with van der Waals surface area (Å²) in [6.07, 6.45) is 4.61. The zero-order chi connectivity index (χ0) is 14.0. The molecular weight excluding hydrogens is 292 g/mol. The Morgan fingerprint density at radius 2 is 2.05 bits per heavy atom. The van der Waals surface area contributed by atoms with Gasteiger partial charge < -0.3 is 4.90 Å². The fraction of sp³-hybridized carbons (Fsp3) is 0.600. The first-order valence-corrected chi connectivity index (χ1v) is 8.05. The lowest BCUT2D eigenvalue weighted by atomic mass is 10.4. The van der Waals surface area contributed by atoms with Crippen LogP contribution < -0.4 is 0 Å². The van der Waals surface area contributed by atoms with Gasteiger partial charge in [0.2, 0.25) is 10.0 Å². The van der Waals surface area contributed by atoms with Crippen molar-refractivity contribution in [3.05, 3.63) is 17.4 Å². The molecule has 1 fully saturated rings. The molecule has 1 aromatic rings. The number of rotatable bonds is 1. The van der Waals surface area contributed by atoms with Gasteiger partial charge in [-0.15, -0.1) is 0 Å². The van der Waals surface area contributed by atoms with Gasteiger partial charge in [0, 0.05) is 26.2 Å². The van der Waals surface area contributed by atoms with Crippen molar-refractivity contribution in [1.82, 2.24) is 19.0 Å². The van der Waals surface area contributed by atoms with Crippen LogP contribution in [0.25, 0.3) is 0 Å². The van der Waals surface area contributed by atoms with Crippen molar-refractivity contribution in [2.75, 3.05) is 32.4 Å². The van der Waals surface area contributed by atoms with Gasteiger partial charge in [0.15, 0.2) is 0 Å². The van der Waals surface area contributed by atoms with E-state index in [1.165, 1.54) is 27.6 Å². The molecule has 7 nitrogen and oxygen atoms in total. The molecule has 2 heterocycles. The number of carbonyl (C=O) groups excluding carboxylic acids is 1. The summed E-state index contributed by atoms with van der Waals surface area (Å²) in [5.41, 5.74) is 0. The van der Waals surface area contributed by atoms with Crippen LogP contribution >= 0.6 is 11.6 Å². The van der Waals surface area contributed by atoms with Crippen molar-refractivity contribution in [3.63, 3.8) is 0 Å². The number of halogens is 1. The van der Waals surface area contributed by atoms with E-state index in [2.05, 4.69) is 5.10 Å². The third kappa shape index (κ3) is 3.46. The minimum atomic E-state index is -3.21. The van der Waals surface area contributed by atoms with E-state index in [0.29, 0.717) is 37.6 Å². The van der Waals surface area contributed by atoms with Crippen LogP contribution in [0.15, 0.2) is 12.4 Å². The summed E-state index contributed by atoms with van der Waals surface area (Å²) in [6.45, 7) is 1.59. The second kappa shape index (κ2) is 5.48. The maximum atomic E-state index is 12.1. The fourth-order valence-electron chi connectivity index (χ4n) is 1.97. The van der Waals surface area contributed by atoms with Crippen LogP contribution in [0.3, 0.4) is 0 Å². The highest BCUT2D eigenvalue weighted by Crippen LogP contribution is 2.10. The molecule has 0 bridgehead atoms. The Balaban J connectivity index is 2.05. The van der Waals surface area contributed by atoms with E-state index in [1.54, 1.807) is 4.90 Å². The molecule has 106 valence electrons. The normalized spacial score (nSPS) is 18.3. The third-order valence-electron chi connectivity index (χ3n) is 2.94. The molecule has 0 spiro atoms. The summed E-state index contributed by atoms with van der Waals surface area (Å²) >= 11 is 5.72. The molecule has 19 heavy (non-hydrogen) atoms. The Bertz CT molecular complexity index is 571. The predicted octanol–water partition coefficient (Wildman–Crippen LogP) is 0.472. The molecular formula is C10H15ClN4O3S. The topological polar surface area (TPSA) is 75.5 Å². The molecule has 1 aliphatic rings. The van der Waals surface area contributed by atoms with Gasteiger partial charge in [-0.05, 0) is 6.42 Å². The monoisotopic (exact) mass is 306 g/mol. The van der Waals surface area contributed by atoms with Gasteiger partial charge in [-0.25, -0.2) is 17.5 Å². The molecule has 1 saturated heterocycles. The molecule has 1 amide bonds. The maximum Gasteiger partial charge on any atom is 0.344 e. The lowest BCUT2D eigenvalue weighted by molar-refractivity contribution is 0.199.